The quantitative estimate of drug-likeness (QED) is 0.695. The van der Waals surface area contributed by atoms with Gasteiger partial charge in [0, 0.05) is 22.2 Å². The van der Waals surface area contributed by atoms with Crippen LogP contribution in [-0.4, -0.2) is 0 Å². The van der Waals surface area contributed by atoms with Crippen molar-refractivity contribution < 1.29 is 0 Å². The molecule has 10 heavy (non-hydrogen) atoms. The molecule has 53 valence electrons. The molecule has 0 aromatic heterocycles. The van der Waals surface area contributed by atoms with Gasteiger partial charge in [-0.3, -0.25) is 0 Å². The molecule has 0 amide bonds. The van der Waals surface area contributed by atoms with Gasteiger partial charge in [0.25, 0.3) is 0 Å². The molecule has 1 aromatic carbocycles. The van der Waals surface area contributed by atoms with Crippen LogP contribution >= 0.6 is 23.2 Å². The summed E-state index contributed by atoms with van der Waals surface area (Å²) in [5, 5.41) is 1.16. The van der Waals surface area contributed by atoms with Gasteiger partial charge in [-0.2, -0.15) is 0 Å². The Labute approximate surface area is 69.7 Å². The highest BCUT2D eigenvalue weighted by Gasteiger charge is 2.00. The molecule has 0 aliphatic rings. The Bertz CT molecular complexity index is 215. The number of benzene rings is 1. The molecule has 0 heterocycles. The van der Waals surface area contributed by atoms with Gasteiger partial charge < -0.3 is 5.73 Å². The maximum atomic E-state index is 5.73. The summed E-state index contributed by atoms with van der Waals surface area (Å²) in [6, 6.07) is 6.08. The molecular weight excluding hydrogens is 169 g/mol. The lowest BCUT2D eigenvalue weighted by atomic mass is 10.2. The normalized spacial score (nSPS) is 9.90. The van der Waals surface area contributed by atoms with Crippen LogP contribution in [0.5, 0.6) is 0 Å². The van der Waals surface area contributed by atoms with Crippen LogP contribution in [0.1, 0.15) is 5.56 Å². The van der Waals surface area contributed by atoms with Gasteiger partial charge in [-0.1, -0.05) is 23.2 Å². The third-order valence-electron chi connectivity index (χ3n) is 1.20. The zero-order valence-corrected chi connectivity index (χ0v) is 6.71. The van der Waals surface area contributed by atoms with E-state index in [4.69, 9.17) is 28.9 Å². The minimum atomic E-state index is 0.367. The van der Waals surface area contributed by atoms with Gasteiger partial charge in [0.2, 0.25) is 0 Å². The molecule has 0 aliphatic carbocycles. The minimum Gasteiger partial charge on any atom is -0.326 e. The summed E-state index contributed by atoms with van der Waals surface area (Å²) in [6.45, 7) is 0.367. The fourth-order valence-corrected chi connectivity index (χ4v) is 1.20. The summed E-state index contributed by atoms with van der Waals surface area (Å²) >= 11 is 11.5. The maximum absolute atomic E-state index is 5.73. The molecular formula is C7H6Cl2N. The standard InChI is InChI=1S/C7H6Cl2N/c8-6-2-1-3-7(9)5(6)4-10/h2-3H,4,10H2. The predicted octanol–water partition coefficient (Wildman–Crippen LogP) is 2.25. The highest BCUT2D eigenvalue weighted by molar-refractivity contribution is 6.35. The van der Waals surface area contributed by atoms with Gasteiger partial charge >= 0.3 is 0 Å². The average molecular weight is 175 g/mol. The van der Waals surface area contributed by atoms with Gasteiger partial charge in [-0.05, 0) is 18.2 Å². The summed E-state index contributed by atoms with van der Waals surface area (Å²) in [5.41, 5.74) is 6.15. The molecule has 3 heteroatoms. The van der Waals surface area contributed by atoms with Crippen molar-refractivity contribution in [3.05, 3.63) is 33.8 Å². The monoisotopic (exact) mass is 174 g/mol. The molecule has 2 N–H and O–H groups in total. The molecule has 1 radical (unpaired) electrons. The molecule has 0 saturated heterocycles. The van der Waals surface area contributed by atoms with E-state index >= 15 is 0 Å². The molecule has 0 bridgehead atoms. The first-order valence-electron chi connectivity index (χ1n) is 2.79. The van der Waals surface area contributed by atoms with E-state index in [0.29, 0.717) is 16.6 Å². The van der Waals surface area contributed by atoms with Crippen LogP contribution in [0.2, 0.25) is 10.0 Å². The first kappa shape index (κ1) is 7.86. The van der Waals surface area contributed by atoms with E-state index in [2.05, 4.69) is 6.07 Å². The zero-order chi connectivity index (χ0) is 7.56. The van der Waals surface area contributed by atoms with E-state index in [9.17, 15) is 0 Å². The number of hydrogen-bond donors (Lipinski definition) is 1. The van der Waals surface area contributed by atoms with Crippen LogP contribution in [0.4, 0.5) is 0 Å². The van der Waals surface area contributed by atoms with Crippen molar-refractivity contribution in [2.45, 2.75) is 6.54 Å². The molecule has 0 aliphatic heterocycles. The second-order valence-corrected chi connectivity index (χ2v) is 2.65. The van der Waals surface area contributed by atoms with Gasteiger partial charge in [-0.15, -0.1) is 0 Å². The van der Waals surface area contributed by atoms with E-state index < -0.39 is 0 Å². The Hall–Kier alpha value is -0.240. The Kier molecular flexibility index (Phi) is 2.55. The molecule has 0 unspecified atom stereocenters. The molecule has 1 aromatic rings. The smallest absolute Gasteiger partial charge is 0.0471 e. The lowest BCUT2D eigenvalue weighted by molar-refractivity contribution is 1.07. The van der Waals surface area contributed by atoms with Crippen molar-refractivity contribution in [3.63, 3.8) is 0 Å². The van der Waals surface area contributed by atoms with Gasteiger partial charge in [0.1, 0.15) is 0 Å². The van der Waals surface area contributed by atoms with Crippen LogP contribution in [0.25, 0.3) is 0 Å². The first-order chi connectivity index (χ1) is 4.75. The first-order valence-corrected chi connectivity index (χ1v) is 3.55. The number of hydrogen-bond acceptors (Lipinski definition) is 1. The highest BCUT2D eigenvalue weighted by atomic mass is 35.5. The highest BCUT2D eigenvalue weighted by Crippen LogP contribution is 2.22. The maximum Gasteiger partial charge on any atom is 0.0471 e. The lowest BCUT2D eigenvalue weighted by Crippen LogP contribution is -1.97. The number of nitrogens with two attached hydrogens (primary N) is 1. The van der Waals surface area contributed by atoms with Crippen LogP contribution in [-0.2, 0) is 6.54 Å². The number of rotatable bonds is 1. The SMILES string of the molecule is NCc1c(Cl)c[c]cc1Cl. The van der Waals surface area contributed by atoms with Crippen molar-refractivity contribution in [2.75, 3.05) is 0 Å². The summed E-state index contributed by atoms with van der Waals surface area (Å²) < 4.78 is 0. The van der Waals surface area contributed by atoms with Crippen molar-refractivity contribution in [1.82, 2.24) is 0 Å². The van der Waals surface area contributed by atoms with Gasteiger partial charge in [0.15, 0.2) is 0 Å². The predicted molar refractivity (Wildman–Crippen MR) is 43.2 cm³/mol. The summed E-state index contributed by atoms with van der Waals surface area (Å²) in [6.07, 6.45) is 0. The van der Waals surface area contributed by atoms with Crippen LogP contribution in [0.3, 0.4) is 0 Å². The third-order valence-corrected chi connectivity index (χ3v) is 1.88. The Balaban J connectivity index is 3.17. The Morgan fingerprint density at radius 2 is 1.80 bits per heavy atom. The molecule has 0 atom stereocenters. The molecule has 1 rings (SSSR count). The van der Waals surface area contributed by atoms with Crippen LogP contribution in [0, 0.1) is 6.07 Å². The van der Waals surface area contributed by atoms with Gasteiger partial charge in [0.05, 0.1) is 0 Å². The summed E-state index contributed by atoms with van der Waals surface area (Å²) in [5.74, 6) is 0. The molecule has 0 spiro atoms. The van der Waals surface area contributed by atoms with E-state index in [1.165, 1.54) is 0 Å². The second-order valence-electron chi connectivity index (χ2n) is 1.83. The summed E-state index contributed by atoms with van der Waals surface area (Å²) in [4.78, 5) is 0. The molecule has 1 nitrogen and oxygen atoms in total. The van der Waals surface area contributed by atoms with E-state index in [1.54, 1.807) is 12.1 Å². The number of halogens is 2. The van der Waals surface area contributed by atoms with E-state index in [1.807, 2.05) is 0 Å². The van der Waals surface area contributed by atoms with Crippen molar-refractivity contribution in [3.8, 4) is 0 Å². The largest absolute Gasteiger partial charge is 0.326 e. The van der Waals surface area contributed by atoms with Crippen molar-refractivity contribution in [2.24, 2.45) is 5.73 Å². The summed E-state index contributed by atoms with van der Waals surface area (Å²) in [7, 11) is 0. The fraction of sp³-hybridized carbons (Fsp3) is 0.143. The lowest BCUT2D eigenvalue weighted by Gasteiger charge is -2.00. The van der Waals surface area contributed by atoms with Gasteiger partial charge in [-0.25, -0.2) is 0 Å². The van der Waals surface area contributed by atoms with Crippen molar-refractivity contribution in [1.29, 1.82) is 0 Å². The second kappa shape index (κ2) is 3.24. The van der Waals surface area contributed by atoms with E-state index in [-0.39, 0.29) is 0 Å². The van der Waals surface area contributed by atoms with E-state index in [0.717, 1.165) is 5.56 Å². The van der Waals surface area contributed by atoms with Crippen LogP contribution < -0.4 is 5.73 Å². The molecule has 0 saturated carbocycles. The molecule has 0 fully saturated rings. The third kappa shape index (κ3) is 1.43. The Morgan fingerprint density at radius 1 is 1.30 bits per heavy atom. The zero-order valence-electron chi connectivity index (χ0n) is 5.20. The fourth-order valence-electron chi connectivity index (χ4n) is 0.671. The van der Waals surface area contributed by atoms with Crippen molar-refractivity contribution >= 4 is 23.2 Å². The minimum absolute atomic E-state index is 0.367. The van der Waals surface area contributed by atoms with Crippen LogP contribution in [0.15, 0.2) is 12.1 Å². The topological polar surface area (TPSA) is 26.0 Å². The Morgan fingerprint density at radius 3 is 2.10 bits per heavy atom. The average Bonchev–Trinajstić information content (AvgIpc) is 1.88.